The molecule has 1 aromatic rings. The maximum Gasteiger partial charge on any atom is 0.352 e. The van der Waals surface area contributed by atoms with Crippen LogP contribution in [-0.2, 0) is 49.6 Å². The maximum atomic E-state index is 14.1. The van der Waals surface area contributed by atoms with Gasteiger partial charge in [-0.15, -0.1) is 0 Å². The second kappa shape index (κ2) is 33.0. The number of aromatic amines is 1. The van der Waals surface area contributed by atoms with E-state index >= 15 is 0 Å². The molecule has 2 heterocycles. The second-order valence-corrected chi connectivity index (χ2v) is 17.1. The Morgan fingerprint density at radius 3 is 2.10 bits per heavy atom. The van der Waals surface area contributed by atoms with E-state index in [1.54, 1.807) is 0 Å². The highest BCUT2D eigenvalue weighted by molar-refractivity contribution is 5.99. The summed E-state index contributed by atoms with van der Waals surface area (Å²) in [5.41, 5.74) is 39.0. The molecule has 1 aliphatic heterocycles. The summed E-state index contributed by atoms with van der Waals surface area (Å²) in [4.78, 5) is 132. The second-order valence-electron chi connectivity index (χ2n) is 17.1. The van der Waals surface area contributed by atoms with Crippen LogP contribution in [0.25, 0.3) is 0 Å². The van der Waals surface area contributed by atoms with E-state index in [4.69, 9.17) is 40.1 Å². The highest BCUT2D eigenvalue weighted by Gasteiger charge is 2.39. The van der Waals surface area contributed by atoms with Gasteiger partial charge in [-0.3, -0.25) is 43.3 Å². The smallest absolute Gasteiger partial charge is 0.352 e. The van der Waals surface area contributed by atoms with Crippen LogP contribution in [0.4, 0.5) is 0 Å². The van der Waals surface area contributed by atoms with Gasteiger partial charge in [0, 0.05) is 37.9 Å². The fraction of sp³-hybridized carbons (Fsp3) is 0.651. The fourth-order valence-corrected chi connectivity index (χ4v) is 7.33. The van der Waals surface area contributed by atoms with E-state index < -0.39 is 120 Å². The fourth-order valence-electron chi connectivity index (χ4n) is 7.33. The Balaban J connectivity index is 2.20. The lowest BCUT2D eigenvalue weighted by molar-refractivity contribution is -0.142. The number of guanidine groups is 1. The van der Waals surface area contributed by atoms with Crippen molar-refractivity contribution in [3.63, 3.8) is 0 Å². The van der Waals surface area contributed by atoms with Crippen molar-refractivity contribution in [1.82, 2.24) is 52.1 Å². The number of nitrogens with one attached hydrogen (secondary N) is 8. The minimum absolute atomic E-state index is 0.0425. The van der Waals surface area contributed by atoms with Gasteiger partial charge < -0.3 is 97.5 Å². The first-order chi connectivity index (χ1) is 34.3. The third-order valence-electron chi connectivity index (χ3n) is 11.3. The monoisotopic (exact) mass is 1020 g/mol. The first-order valence-electron chi connectivity index (χ1n) is 23.9. The molecule has 1 fully saturated rings. The summed E-state index contributed by atoms with van der Waals surface area (Å²) in [6.07, 6.45) is 5.60. The predicted molar refractivity (Wildman–Crippen MR) is 262 cm³/mol. The molecule has 72 heavy (non-hydrogen) atoms. The van der Waals surface area contributed by atoms with Crippen molar-refractivity contribution in [3.8, 4) is 0 Å². The number of nitrogens with zero attached hydrogens (tertiary/aromatic N) is 3. The molecule has 2 rings (SSSR count). The third-order valence-corrected chi connectivity index (χ3v) is 11.3. The number of carbonyl (C=O) groups excluding carboxylic acids is 8. The molecule has 29 nitrogen and oxygen atoms in total. The van der Waals surface area contributed by atoms with Crippen molar-refractivity contribution in [2.75, 3.05) is 45.8 Å². The van der Waals surface area contributed by atoms with Crippen LogP contribution in [0.1, 0.15) is 83.2 Å². The molecule has 29 heteroatoms. The molecule has 1 aliphatic rings. The quantitative estimate of drug-likeness (QED) is 0.0132. The highest BCUT2D eigenvalue weighted by Crippen LogP contribution is 2.20. The van der Waals surface area contributed by atoms with Crippen molar-refractivity contribution in [2.45, 2.75) is 132 Å². The SMILES string of the molecule is C[C@H](NC(=O)[C@@H](NC(=O)[C@@H](N)CCCCN)[C@@H](O)CN)C(=O)NCC(=O)N[C@H](CCCN)C(=O)N1CCC[C@H]1C(=O)N[C@@H](Cc1cnc[nH]1)C(=O)N[C@@H](CCCCN)C(=O)N/C(=C\CCN=C(N)N)C(=O)O. The summed E-state index contributed by atoms with van der Waals surface area (Å²) in [7, 11) is 0. The lowest BCUT2D eigenvalue weighted by atomic mass is 10.1. The Hall–Kier alpha value is -6.79. The summed E-state index contributed by atoms with van der Waals surface area (Å²) >= 11 is 0. The van der Waals surface area contributed by atoms with Crippen LogP contribution < -0.4 is 77.4 Å². The molecule has 0 aliphatic carbocycles. The summed E-state index contributed by atoms with van der Waals surface area (Å²) in [6.45, 7) is 1.19. The van der Waals surface area contributed by atoms with Gasteiger partial charge in [0.1, 0.15) is 41.9 Å². The summed E-state index contributed by atoms with van der Waals surface area (Å²) < 4.78 is 0. The number of hydrogen-bond acceptors (Lipinski definition) is 17. The Kier molecular flexibility index (Phi) is 28.1. The van der Waals surface area contributed by atoms with Gasteiger partial charge in [0.05, 0.1) is 25.0 Å². The number of nitrogens with two attached hydrogens (primary N) is 7. The lowest BCUT2D eigenvalue weighted by Crippen LogP contribution is -2.60. The van der Waals surface area contributed by atoms with Crippen LogP contribution in [0.3, 0.4) is 0 Å². The van der Waals surface area contributed by atoms with Gasteiger partial charge in [0.25, 0.3) is 0 Å². The van der Waals surface area contributed by atoms with Crippen LogP contribution in [-0.4, -0.2) is 178 Å². The minimum Gasteiger partial charge on any atom is -0.477 e. The van der Waals surface area contributed by atoms with Gasteiger partial charge in [-0.1, -0.05) is 12.5 Å². The number of carboxylic acids is 1. The highest BCUT2D eigenvalue weighted by atomic mass is 16.4. The topological polar surface area (TPSA) is 505 Å². The zero-order valence-electron chi connectivity index (χ0n) is 40.7. The molecular formula is C43H76N18O11. The van der Waals surface area contributed by atoms with E-state index in [-0.39, 0.29) is 77.1 Å². The molecule has 24 N–H and O–H groups in total. The van der Waals surface area contributed by atoms with Crippen LogP contribution in [0.2, 0.25) is 0 Å². The number of carbonyl (C=O) groups is 9. The van der Waals surface area contributed by atoms with E-state index in [1.807, 2.05) is 0 Å². The maximum absolute atomic E-state index is 14.1. The van der Waals surface area contributed by atoms with Crippen molar-refractivity contribution in [2.24, 2.45) is 45.1 Å². The minimum atomic E-state index is -1.56. The first kappa shape index (κ1) is 61.3. The Morgan fingerprint density at radius 1 is 0.819 bits per heavy atom. The molecule has 1 saturated heterocycles. The number of H-pyrrole nitrogens is 1. The van der Waals surface area contributed by atoms with Crippen molar-refractivity contribution >= 4 is 59.2 Å². The first-order valence-corrected chi connectivity index (χ1v) is 23.9. The van der Waals surface area contributed by atoms with E-state index in [1.165, 1.54) is 30.4 Å². The predicted octanol–water partition coefficient (Wildman–Crippen LogP) is -7.10. The molecular weight excluding hydrogens is 945 g/mol. The summed E-state index contributed by atoms with van der Waals surface area (Å²) in [5, 5.41) is 37.5. The zero-order chi connectivity index (χ0) is 53.8. The standard InChI is InChI=1S/C43H76N18O11/c1-24(55-40(69)34(32(62)20-47)60-36(65)26(48)9-2-4-14-44)35(64)53-22-33(63)56-28(11-6-16-46)41(70)61-18-8-13-31(61)39(68)59-30(19-25-21-51-23-54-25)38(67)57-27(10-3-5-15-45)37(66)58-29(42(71)72)12-7-17-52-43(49)50/h12,21,23-24,26-28,30-32,34,62H,2-11,13-20,22,44-48H2,1H3,(H,51,54)(H,53,64)(H,55,69)(H,56,63)(H,57,67)(H,58,66)(H,59,68)(H,60,65)(H,71,72)(H4,49,50,52)/b29-12-/t24-,26-,27-,28+,30-,31-,32-,34-/m0/s1. The molecule has 0 aromatic carbocycles. The van der Waals surface area contributed by atoms with E-state index in [2.05, 4.69) is 52.2 Å². The van der Waals surface area contributed by atoms with Gasteiger partial charge in [0.2, 0.25) is 47.3 Å². The Bertz CT molecular complexity index is 2000. The number of imidazole rings is 1. The van der Waals surface area contributed by atoms with Crippen LogP contribution >= 0.6 is 0 Å². The largest absolute Gasteiger partial charge is 0.477 e. The van der Waals surface area contributed by atoms with Crippen molar-refractivity contribution in [1.29, 1.82) is 0 Å². The van der Waals surface area contributed by atoms with Gasteiger partial charge in [0.15, 0.2) is 5.96 Å². The molecule has 0 bridgehead atoms. The number of rotatable bonds is 34. The van der Waals surface area contributed by atoms with Crippen LogP contribution in [0.15, 0.2) is 29.3 Å². The molecule has 0 radical (unpaired) electrons. The number of amides is 8. The molecule has 1 aromatic heterocycles. The lowest BCUT2D eigenvalue weighted by Gasteiger charge is -2.30. The summed E-state index contributed by atoms with van der Waals surface area (Å²) in [6, 6.07) is -8.80. The van der Waals surface area contributed by atoms with E-state index in [0.29, 0.717) is 44.3 Å². The zero-order valence-corrected chi connectivity index (χ0v) is 40.7. The molecule has 8 atom stereocenters. The molecule has 0 saturated carbocycles. The number of carboxylic acid groups (broad SMARTS) is 1. The average molecular weight is 1020 g/mol. The molecule has 404 valence electrons. The van der Waals surface area contributed by atoms with Gasteiger partial charge in [-0.05, 0) is 90.8 Å². The van der Waals surface area contributed by atoms with Gasteiger partial charge in [-0.2, -0.15) is 0 Å². The number of unbranched alkanes of at least 4 members (excludes halogenated alkanes) is 2. The number of aliphatic carboxylic acids is 1. The normalized spacial score (nSPS) is 16.3. The summed E-state index contributed by atoms with van der Waals surface area (Å²) in [5.74, 6) is -8.00. The number of aliphatic hydroxyl groups excluding tert-OH is 1. The molecule has 0 spiro atoms. The van der Waals surface area contributed by atoms with Gasteiger partial charge >= 0.3 is 5.97 Å². The Morgan fingerprint density at radius 2 is 1.49 bits per heavy atom. The van der Waals surface area contributed by atoms with Crippen LogP contribution in [0, 0.1) is 0 Å². The van der Waals surface area contributed by atoms with E-state index in [0.717, 1.165) is 0 Å². The number of hydrogen-bond donors (Lipinski definition) is 17. The number of aromatic nitrogens is 2. The Labute approximate surface area is 417 Å². The third kappa shape index (κ3) is 21.7. The van der Waals surface area contributed by atoms with Crippen molar-refractivity contribution < 1.29 is 53.4 Å². The van der Waals surface area contributed by atoms with Crippen LogP contribution in [0.5, 0.6) is 0 Å². The van der Waals surface area contributed by atoms with Gasteiger partial charge in [-0.25, -0.2) is 9.78 Å². The average Bonchev–Trinajstić information content (AvgIpc) is 4.06. The number of aliphatic hydroxyl groups is 1. The number of aliphatic imine (C=N–C) groups is 1. The molecule has 8 amide bonds. The molecule has 0 unspecified atom stereocenters. The van der Waals surface area contributed by atoms with Crippen molar-refractivity contribution in [3.05, 3.63) is 30.0 Å². The van der Waals surface area contributed by atoms with E-state index in [9.17, 15) is 53.4 Å². The number of likely N-dealkylation sites (tertiary alicyclic amines) is 1.